The van der Waals surface area contributed by atoms with Gasteiger partial charge in [0.1, 0.15) is 9.92 Å². The zero-order valence-corrected chi connectivity index (χ0v) is 15.1. The van der Waals surface area contributed by atoms with Gasteiger partial charge in [0.05, 0.1) is 22.5 Å². The molecule has 0 radical (unpaired) electrons. The molecule has 0 saturated carbocycles. The van der Waals surface area contributed by atoms with Crippen LogP contribution in [0.1, 0.15) is 0 Å². The first-order valence-electron chi connectivity index (χ1n) is 6.44. The Morgan fingerprint density at radius 2 is 1.88 bits per heavy atom. The summed E-state index contributed by atoms with van der Waals surface area (Å²) < 4.78 is 37.8. The zero-order chi connectivity index (χ0) is 17.5. The van der Waals surface area contributed by atoms with Crippen LogP contribution in [0.3, 0.4) is 0 Å². The van der Waals surface area contributed by atoms with Crippen LogP contribution >= 0.6 is 34.8 Å². The molecule has 0 fully saturated rings. The number of rotatable bonds is 4. The second-order valence-corrected chi connectivity index (χ2v) is 7.49. The van der Waals surface area contributed by atoms with Crippen molar-refractivity contribution in [3.05, 3.63) is 45.4 Å². The minimum atomic E-state index is -4.07. The van der Waals surface area contributed by atoms with E-state index in [4.69, 9.17) is 44.1 Å². The average molecular weight is 408 g/mol. The number of halogens is 3. The Morgan fingerprint density at radius 1 is 1.12 bits per heavy atom. The minimum absolute atomic E-state index is 0.00918. The van der Waals surface area contributed by atoms with E-state index in [2.05, 4.69) is 9.88 Å². The minimum Gasteiger partial charge on any atom is -0.494 e. The third-order valence-corrected chi connectivity index (χ3v) is 5.65. The van der Waals surface area contributed by atoms with E-state index >= 15 is 0 Å². The third-order valence-electron chi connectivity index (χ3n) is 3.19. The number of hydrogen-bond donors (Lipinski definition) is 1. The summed E-state index contributed by atoms with van der Waals surface area (Å²) in [4.78, 5) is -0.192. The van der Waals surface area contributed by atoms with Crippen LogP contribution in [0.5, 0.6) is 5.75 Å². The Balaban J connectivity index is 2.11. The van der Waals surface area contributed by atoms with Crippen LogP contribution in [0.25, 0.3) is 11.0 Å². The molecule has 3 aromatic rings. The maximum absolute atomic E-state index is 12.7. The number of hydrogen-bond acceptors (Lipinski definition) is 5. The number of anilines is 1. The van der Waals surface area contributed by atoms with Crippen molar-refractivity contribution in [3.63, 3.8) is 0 Å². The highest BCUT2D eigenvalue weighted by molar-refractivity contribution is 7.92. The number of fused-ring (bicyclic) bond motifs is 1. The Bertz CT molecular complexity index is 1030. The van der Waals surface area contributed by atoms with Gasteiger partial charge in [-0.15, -0.1) is 0 Å². The fourth-order valence-electron chi connectivity index (χ4n) is 2.12. The van der Waals surface area contributed by atoms with Gasteiger partial charge < -0.3 is 9.26 Å². The number of ether oxygens (including phenoxy) is 1. The van der Waals surface area contributed by atoms with Crippen molar-refractivity contribution in [1.82, 2.24) is 5.16 Å². The largest absolute Gasteiger partial charge is 0.494 e. The number of sulfonamides is 1. The molecule has 1 heterocycles. The van der Waals surface area contributed by atoms with Crippen LogP contribution in [0.4, 0.5) is 5.82 Å². The molecule has 0 amide bonds. The molecule has 126 valence electrons. The smallest absolute Gasteiger partial charge is 0.266 e. The van der Waals surface area contributed by atoms with Crippen molar-refractivity contribution in [1.29, 1.82) is 0 Å². The zero-order valence-electron chi connectivity index (χ0n) is 12.0. The molecule has 0 unspecified atom stereocenters. The Labute approximate surface area is 152 Å². The lowest BCUT2D eigenvalue weighted by atomic mass is 10.2. The van der Waals surface area contributed by atoms with Crippen LogP contribution in [-0.2, 0) is 10.0 Å². The molecule has 0 aliphatic heterocycles. The number of aromatic nitrogens is 1. The molecule has 1 N–H and O–H groups in total. The highest BCUT2D eigenvalue weighted by Crippen LogP contribution is 2.38. The van der Waals surface area contributed by atoms with Crippen molar-refractivity contribution >= 4 is 61.6 Å². The fraction of sp³-hybridized carbons (Fsp3) is 0.0714. The maximum atomic E-state index is 12.7. The topological polar surface area (TPSA) is 81.4 Å². The van der Waals surface area contributed by atoms with Gasteiger partial charge in [-0.2, -0.15) is 0 Å². The van der Waals surface area contributed by atoms with E-state index in [1.807, 2.05) is 0 Å². The Kier molecular flexibility index (Phi) is 4.52. The fourth-order valence-corrected chi connectivity index (χ4v) is 4.00. The lowest BCUT2D eigenvalue weighted by Crippen LogP contribution is -2.14. The van der Waals surface area contributed by atoms with E-state index in [1.54, 1.807) is 18.2 Å². The summed E-state index contributed by atoms with van der Waals surface area (Å²) in [6.07, 6.45) is 0. The monoisotopic (exact) mass is 406 g/mol. The lowest BCUT2D eigenvalue weighted by Gasteiger charge is -2.12. The van der Waals surface area contributed by atoms with Gasteiger partial charge in [0.15, 0.2) is 17.2 Å². The van der Waals surface area contributed by atoms with E-state index in [1.165, 1.54) is 19.2 Å². The number of nitrogens with zero attached hydrogens (tertiary/aromatic N) is 1. The van der Waals surface area contributed by atoms with E-state index < -0.39 is 10.0 Å². The van der Waals surface area contributed by atoms with E-state index in [0.29, 0.717) is 16.0 Å². The normalized spacial score (nSPS) is 11.7. The van der Waals surface area contributed by atoms with Crippen LogP contribution < -0.4 is 9.46 Å². The van der Waals surface area contributed by atoms with E-state index in [-0.39, 0.29) is 26.5 Å². The molecule has 24 heavy (non-hydrogen) atoms. The summed E-state index contributed by atoms with van der Waals surface area (Å²) in [6.45, 7) is 0. The number of benzene rings is 2. The van der Waals surface area contributed by atoms with Crippen LogP contribution in [0, 0.1) is 0 Å². The third kappa shape index (κ3) is 2.88. The molecule has 0 aliphatic rings. The van der Waals surface area contributed by atoms with E-state index in [0.717, 1.165) is 0 Å². The molecule has 3 rings (SSSR count). The quantitative estimate of drug-likeness (QED) is 0.683. The summed E-state index contributed by atoms with van der Waals surface area (Å²) in [7, 11) is -2.78. The SMILES string of the molecule is COc1c(S(=O)(=O)Nc2noc3cccc(Cl)c23)ccc(Cl)c1Cl. The predicted octanol–water partition coefficient (Wildman–Crippen LogP) is 4.60. The van der Waals surface area contributed by atoms with Gasteiger partial charge in [0.25, 0.3) is 10.0 Å². The van der Waals surface area contributed by atoms with Crippen LogP contribution in [0.2, 0.25) is 15.1 Å². The van der Waals surface area contributed by atoms with Crippen molar-refractivity contribution in [2.24, 2.45) is 0 Å². The van der Waals surface area contributed by atoms with Gasteiger partial charge in [-0.3, -0.25) is 4.72 Å². The molecule has 10 heteroatoms. The first kappa shape index (κ1) is 17.2. The molecule has 6 nitrogen and oxygen atoms in total. The first-order chi connectivity index (χ1) is 11.3. The van der Waals surface area contributed by atoms with Crippen molar-refractivity contribution in [2.45, 2.75) is 4.90 Å². The van der Waals surface area contributed by atoms with Gasteiger partial charge in [-0.05, 0) is 24.3 Å². The van der Waals surface area contributed by atoms with Crippen molar-refractivity contribution < 1.29 is 17.7 Å². The predicted molar refractivity (Wildman–Crippen MR) is 92.8 cm³/mol. The number of nitrogens with one attached hydrogen (secondary N) is 1. The molecule has 0 bridgehead atoms. The summed E-state index contributed by atoms with van der Waals surface area (Å²) in [5.74, 6) is -0.112. The van der Waals surface area contributed by atoms with Gasteiger partial charge >= 0.3 is 0 Å². The maximum Gasteiger partial charge on any atom is 0.266 e. The number of methoxy groups -OCH3 is 1. The van der Waals surface area contributed by atoms with Gasteiger partial charge in [0.2, 0.25) is 0 Å². The summed E-state index contributed by atoms with van der Waals surface area (Å²) in [5, 5.41) is 4.52. The molecule has 0 atom stereocenters. The summed E-state index contributed by atoms with van der Waals surface area (Å²) in [5.41, 5.74) is 0.348. The highest BCUT2D eigenvalue weighted by atomic mass is 35.5. The summed E-state index contributed by atoms with van der Waals surface area (Å²) >= 11 is 18.0. The first-order valence-corrected chi connectivity index (χ1v) is 9.05. The van der Waals surface area contributed by atoms with Gasteiger partial charge in [-0.25, -0.2) is 8.42 Å². The lowest BCUT2D eigenvalue weighted by molar-refractivity contribution is 0.403. The molecular weight excluding hydrogens is 399 g/mol. The summed E-state index contributed by atoms with van der Waals surface area (Å²) in [6, 6.07) is 7.51. The standard InChI is InChI=1S/C14H9Cl3N2O4S/c1-22-13-10(6-5-8(16)12(13)17)24(20,21)19-14-11-7(15)3-2-4-9(11)23-18-14/h2-6H,1H3,(H,18,19). The molecule has 1 aromatic heterocycles. The molecular formula is C14H9Cl3N2O4S. The Hall–Kier alpha value is -1.67. The van der Waals surface area contributed by atoms with E-state index in [9.17, 15) is 8.42 Å². The molecule has 0 aliphatic carbocycles. The van der Waals surface area contributed by atoms with Crippen LogP contribution in [0.15, 0.2) is 39.8 Å². The second-order valence-electron chi connectivity index (χ2n) is 4.64. The second kappa shape index (κ2) is 6.33. The van der Waals surface area contributed by atoms with Crippen molar-refractivity contribution in [3.8, 4) is 5.75 Å². The van der Waals surface area contributed by atoms with Gasteiger partial charge in [-0.1, -0.05) is 46.0 Å². The van der Waals surface area contributed by atoms with Gasteiger partial charge in [0, 0.05) is 0 Å². The molecule has 0 spiro atoms. The Morgan fingerprint density at radius 3 is 2.58 bits per heavy atom. The van der Waals surface area contributed by atoms with Crippen molar-refractivity contribution in [2.75, 3.05) is 11.8 Å². The van der Waals surface area contributed by atoms with Crippen LogP contribution in [-0.4, -0.2) is 20.7 Å². The molecule has 2 aromatic carbocycles. The molecule has 0 saturated heterocycles. The average Bonchev–Trinajstić information content (AvgIpc) is 2.93. The highest BCUT2D eigenvalue weighted by Gasteiger charge is 2.25.